The third kappa shape index (κ3) is 4.46. The summed E-state index contributed by atoms with van der Waals surface area (Å²) in [5.41, 5.74) is 0.482. The number of anilines is 3. The maximum absolute atomic E-state index is 13.1. The van der Waals surface area contributed by atoms with Crippen molar-refractivity contribution in [2.45, 2.75) is 20.0 Å². The number of carbonyl (C=O) groups is 1. The molecular weight excluding hydrogens is 369 g/mol. The van der Waals surface area contributed by atoms with Crippen molar-refractivity contribution < 1.29 is 18.0 Å². The minimum atomic E-state index is -4.58. The number of benzene rings is 2. The number of nitrogens with one attached hydrogen (secondary N) is 2. The molecular formula is C20H17F3N4O. The van der Waals surface area contributed by atoms with E-state index in [-0.39, 0.29) is 11.4 Å². The largest absolute Gasteiger partial charge is 0.418 e. The smallest absolute Gasteiger partial charge is 0.340 e. The van der Waals surface area contributed by atoms with E-state index >= 15 is 0 Å². The Morgan fingerprint density at radius 2 is 1.57 bits per heavy atom. The molecule has 0 radical (unpaired) electrons. The number of hydrogen-bond acceptors (Lipinski definition) is 4. The molecule has 0 unspecified atom stereocenters. The van der Waals surface area contributed by atoms with Crippen molar-refractivity contribution in [2.75, 3.05) is 10.6 Å². The number of aromatic nitrogens is 2. The number of carbonyl (C=O) groups excluding carboxylic acids is 1. The Bertz CT molecular complexity index is 1020. The molecule has 0 aliphatic carbocycles. The Hall–Kier alpha value is -3.42. The fourth-order valence-electron chi connectivity index (χ4n) is 2.62. The number of hydrogen-bond donors (Lipinski definition) is 2. The molecule has 2 aromatic carbocycles. The van der Waals surface area contributed by atoms with Gasteiger partial charge in [-0.25, -0.2) is 9.97 Å². The molecule has 0 atom stereocenters. The van der Waals surface area contributed by atoms with E-state index in [2.05, 4.69) is 20.6 Å². The monoisotopic (exact) mass is 386 g/mol. The van der Waals surface area contributed by atoms with Gasteiger partial charge in [-0.1, -0.05) is 30.3 Å². The SMILES string of the molecule is Cc1nc(Nc2ccccc2C)cc(C(=O)Nc2ccccc2C(F)(F)F)n1. The quantitative estimate of drug-likeness (QED) is 0.654. The van der Waals surface area contributed by atoms with Crippen LogP contribution in [0.2, 0.25) is 0 Å². The Labute approximate surface area is 159 Å². The molecule has 0 spiro atoms. The van der Waals surface area contributed by atoms with Crippen LogP contribution in [0.25, 0.3) is 0 Å². The van der Waals surface area contributed by atoms with Crippen LogP contribution < -0.4 is 10.6 Å². The third-order valence-corrected chi connectivity index (χ3v) is 3.96. The van der Waals surface area contributed by atoms with Crippen molar-refractivity contribution in [1.29, 1.82) is 0 Å². The predicted molar refractivity (Wildman–Crippen MR) is 101 cm³/mol. The van der Waals surface area contributed by atoms with E-state index in [0.717, 1.165) is 17.3 Å². The van der Waals surface area contributed by atoms with Crippen molar-refractivity contribution in [3.8, 4) is 0 Å². The lowest BCUT2D eigenvalue weighted by molar-refractivity contribution is -0.136. The molecule has 28 heavy (non-hydrogen) atoms. The van der Waals surface area contributed by atoms with Crippen molar-refractivity contribution in [3.05, 3.63) is 77.2 Å². The van der Waals surface area contributed by atoms with Gasteiger partial charge in [0.2, 0.25) is 0 Å². The predicted octanol–water partition coefficient (Wildman–Crippen LogP) is 5.11. The van der Waals surface area contributed by atoms with Gasteiger partial charge >= 0.3 is 6.18 Å². The van der Waals surface area contributed by atoms with Crippen molar-refractivity contribution in [2.24, 2.45) is 0 Å². The average molecular weight is 386 g/mol. The Morgan fingerprint density at radius 3 is 2.25 bits per heavy atom. The maximum Gasteiger partial charge on any atom is 0.418 e. The Balaban J connectivity index is 1.87. The zero-order chi connectivity index (χ0) is 20.3. The molecule has 0 saturated carbocycles. The van der Waals surface area contributed by atoms with Crippen LogP contribution in [0.5, 0.6) is 0 Å². The van der Waals surface area contributed by atoms with Gasteiger partial charge in [-0.05, 0) is 37.6 Å². The second kappa shape index (κ2) is 7.67. The Morgan fingerprint density at radius 1 is 0.929 bits per heavy atom. The summed E-state index contributed by atoms with van der Waals surface area (Å²) < 4.78 is 39.4. The summed E-state index contributed by atoms with van der Waals surface area (Å²) in [6.45, 7) is 3.52. The summed E-state index contributed by atoms with van der Waals surface area (Å²) in [7, 11) is 0. The first-order chi connectivity index (χ1) is 13.2. The fourth-order valence-corrected chi connectivity index (χ4v) is 2.62. The number of alkyl halides is 3. The Kier molecular flexibility index (Phi) is 5.30. The van der Waals surface area contributed by atoms with Crippen molar-refractivity contribution in [3.63, 3.8) is 0 Å². The molecule has 1 aromatic heterocycles. The van der Waals surface area contributed by atoms with Crippen LogP contribution in [0.15, 0.2) is 54.6 Å². The second-order valence-electron chi connectivity index (χ2n) is 6.12. The van der Waals surface area contributed by atoms with Gasteiger partial charge in [0, 0.05) is 11.8 Å². The van der Waals surface area contributed by atoms with Crippen molar-refractivity contribution >= 4 is 23.1 Å². The number of nitrogens with zero attached hydrogens (tertiary/aromatic N) is 2. The number of halogens is 3. The molecule has 8 heteroatoms. The van der Waals surface area contributed by atoms with Crippen LogP contribution in [0.1, 0.15) is 27.4 Å². The van der Waals surface area contributed by atoms with Gasteiger partial charge in [0.15, 0.2) is 0 Å². The van der Waals surface area contributed by atoms with Gasteiger partial charge in [-0.15, -0.1) is 0 Å². The van der Waals surface area contributed by atoms with Gasteiger partial charge < -0.3 is 10.6 Å². The molecule has 0 bridgehead atoms. The molecule has 0 aliphatic rings. The summed E-state index contributed by atoms with van der Waals surface area (Å²) >= 11 is 0. The van der Waals surface area contributed by atoms with E-state index in [9.17, 15) is 18.0 Å². The molecule has 5 nitrogen and oxygen atoms in total. The highest BCUT2D eigenvalue weighted by Gasteiger charge is 2.33. The molecule has 0 fully saturated rings. The zero-order valence-corrected chi connectivity index (χ0v) is 15.1. The molecule has 144 valence electrons. The van der Waals surface area contributed by atoms with Gasteiger partial charge in [0.25, 0.3) is 5.91 Å². The number of para-hydroxylation sites is 2. The average Bonchev–Trinajstić information content (AvgIpc) is 2.63. The highest BCUT2D eigenvalue weighted by Crippen LogP contribution is 2.34. The van der Waals surface area contributed by atoms with Crippen LogP contribution in [0.4, 0.5) is 30.4 Å². The van der Waals surface area contributed by atoms with Crippen LogP contribution in [-0.4, -0.2) is 15.9 Å². The summed E-state index contributed by atoms with van der Waals surface area (Å²) in [5.74, 6) is -0.0704. The first-order valence-electron chi connectivity index (χ1n) is 8.40. The van der Waals surface area contributed by atoms with Gasteiger partial charge in [0.1, 0.15) is 17.3 Å². The fraction of sp³-hybridized carbons (Fsp3) is 0.150. The molecule has 0 aliphatic heterocycles. The molecule has 2 N–H and O–H groups in total. The van der Waals surface area contributed by atoms with Crippen molar-refractivity contribution in [1.82, 2.24) is 9.97 Å². The van der Waals surface area contributed by atoms with Gasteiger partial charge in [0.05, 0.1) is 11.3 Å². The van der Waals surface area contributed by atoms with Crippen LogP contribution in [-0.2, 0) is 6.18 Å². The summed E-state index contributed by atoms with van der Waals surface area (Å²) in [6, 6.07) is 13.7. The maximum atomic E-state index is 13.1. The summed E-state index contributed by atoms with van der Waals surface area (Å²) in [4.78, 5) is 20.8. The first kappa shape index (κ1) is 19.3. The molecule has 1 heterocycles. The molecule has 1 amide bonds. The highest BCUT2D eigenvalue weighted by atomic mass is 19.4. The summed E-state index contributed by atoms with van der Waals surface area (Å²) in [6.07, 6.45) is -4.58. The third-order valence-electron chi connectivity index (χ3n) is 3.96. The van der Waals surface area contributed by atoms with Crippen LogP contribution >= 0.6 is 0 Å². The summed E-state index contributed by atoms with van der Waals surface area (Å²) in [5, 5.41) is 5.38. The molecule has 0 saturated heterocycles. The minimum absolute atomic E-state index is 0.0411. The lowest BCUT2D eigenvalue weighted by atomic mass is 10.1. The van der Waals surface area contributed by atoms with Crippen LogP contribution in [0.3, 0.4) is 0 Å². The molecule has 3 rings (SSSR count). The van der Waals surface area contributed by atoms with E-state index < -0.39 is 17.6 Å². The second-order valence-corrected chi connectivity index (χ2v) is 6.12. The minimum Gasteiger partial charge on any atom is -0.340 e. The molecule has 3 aromatic rings. The van der Waals surface area contributed by atoms with Crippen LogP contribution in [0, 0.1) is 13.8 Å². The number of amides is 1. The lowest BCUT2D eigenvalue weighted by Gasteiger charge is -2.14. The van der Waals surface area contributed by atoms with E-state index in [0.29, 0.717) is 11.6 Å². The highest BCUT2D eigenvalue weighted by molar-refractivity contribution is 6.03. The zero-order valence-electron chi connectivity index (χ0n) is 15.1. The van der Waals surface area contributed by atoms with Gasteiger partial charge in [-0.3, -0.25) is 4.79 Å². The normalized spacial score (nSPS) is 11.2. The number of rotatable bonds is 4. The standard InChI is InChI=1S/C20H17F3N4O/c1-12-7-3-5-9-15(12)26-18-11-17(24-13(2)25-18)19(28)27-16-10-6-4-8-14(16)20(21,22)23/h3-11H,1-2H3,(H,27,28)(H,24,25,26). The van der Waals surface area contributed by atoms with E-state index in [1.54, 1.807) is 6.92 Å². The van der Waals surface area contributed by atoms with E-state index in [4.69, 9.17) is 0 Å². The van der Waals surface area contributed by atoms with E-state index in [1.807, 2.05) is 31.2 Å². The van der Waals surface area contributed by atoms with Gasteiger partial charge in [-0.2, -0.15) is 13.2 Å². The van der Waals surface area contributed by atoms with E-state index in [1.165, 1.54) is 24.3 Å². The lowest BCUT2D eigenvalue weighted by Crippen LogP contribution is -2.18. The number of aryl methyl sites for hydroxylation is 2. The topological polar surface area (TPSA) is 66.9 Å². The first-order valence-corrected chi connectivity index (χ1v) is 8.40.